The Morgan fingerprint density at radius 1 is 1.22 bits per heavy atom. The van der Waals surface area contributed by atoms with E-state index in [2.05, 4.69) is 5.73 Å². The van der Waals surface area contributed by atoms with Crippen LogP contribution < -0.4 is 0 Å². The van der Waals surface area contributed by atoms with Crippen LogP contribution >= 0.6 is 0 Å². The van der Waals surface area contributed by atoms with E-state index < -0.39 is 0 Å². The lowest BCUT2D eigenvalue weighted by atomic mass is 10.2. The van der Waals surface area contributed by atoms with Gasteiger partial charge in [-0.2, -0.15) is 0 Å². The van der Waals surface area contributed by atoms with Crippen LogP contribution in [0.3, 0.4) is 0 Å². The van der Waals surface area contributed by atoms with Gasteiger partial charge in [0.1, 0.15) is 0 Å². The summed E-state index contributed by atoms with van der Waals surface area (Å²) in [5, 5.41) is 0. The van der Waals surface area contributed by atoms with Crippen LogP contribution in [0.5, 0.6) is 0 Å². The minimum absolute atomic E-state index is 1.19. The maximum atomic E-state index is 3.19. The minimum atomic E-state index is 1.19. The van der Waals surface area contributed by atoms with Gasteiger partial charge in [-0.15, -0.1) is 5.73 Å². The van der Waals surface area contributed by atoms with Crippen LogP contribution in [0.1, 0.15) is 27.7 Å². The van der Waals surface area contributed by atoms with Crippen LogP contribution in [0.15, 0.2) is 29.0 Å². The van der Waals surface area contributed by atoms with Gasteiger partial charge in [-0.1, -0.05) is 12.2 Å². The molecule has 0 radical (unpaired) electrons. The molecule has 0 rings (SSSR count). The summed E-state index contributed by atoms with van der Waals surface area (Å²) in [6.07, 6.45) is 4.07. The molecule has 0 saturated carbocycles. The summed E-state index contributed by atoms with van der Waals surface area (Å²) < 4.78 is 0. The predicted molar refractivity (Wildman–Crippen MR) is 42.4 cm³/mol. The fourth-order valence-corrected chi connectivity index (χ4v) is 0.686. The van der Waals surface area contributed by atoms with Crippen LogP contribution in [0.4, 0.5) is 0 Å². The molecule has 9 heavy (non-hydrogen) atoms. The molecule has 50 valence electrons. The predicted octanol–water partition coefficient (Wildman–Crippen LogP) is 3.07. The first-order chi connectivity index (χ1) is 4.16. The maximum absolute atomic E-state index is 3.19. The van der Waals surface area contributed by atoms with Gasteiger partial charge in [0.15, 0.2) is 0 Å². The van der Waals surface area contributed by atoms with E-state index in [1.807, 2.05) is 39.8 Å². The summed E-state index contributed by atoms with van der Waals surface area (Å²) in [7, 11) is 0. The van der Waals surface area contributed by atoms with E-state index in [-0.39, 0.29) is 0 Å². The first-order valence-corrected chi connectivity index (χ1v) is 3.20. The zero-order chi connectivity index (χ0) is 7.28. The topological polar surface area (TPSA) is 0 Å². The van der Waals surface area contributed by atoms with Gasteiger partial charge in [-0.3, -0.25) is 0 Å². The highest BCUT2D eigenvalue weighted by atomic mass is 13.8. The number of hydrogen-bond acceptors (Lipinski definition) is 0. The zero-order valence-electron chi connectivity index (χ0n) is 6.65. The van der Waals surface area contributed by atoms with E-state index in [9.17, 15) is 0 Å². The Hall–Kier alpha value is -0.740. The molecule has 0 aliphatic carbocycles. The summed E-state index contributed by atoms with van der Waals surface area (Å²) in [4.78, 5) is 0. The third kappa shape index (κ3) is 5.13. The average molecular weight is 122 g/mol. The van der Waals surface area contributed by atoms with Crippen molar-refractivity contribution in [3.05, 3.63) is 29.0 Å². The SMILES string of the molecule is CC=CC(C)=C=C(C)C. The van der Waals surface area contributed by atoms with Gasteiger partial charge >= 0.3 is 0 Å². The van der Waals surface area contributed by atoms with Gasteiger partial charge in [-0.25, -0.2) is 0 Å². The fourth-order valence-electron chi connectivity index (χ4n) is 0.686. The Morgan fingerprint density at radius 3 is 2.11 bits per heavy atom. The zero-order valence-corrected chi connectivity index (χ0v) is 6.65. The summed E-state index contributed by atoms with van der Waals surface area (Å²) in [5.74, 6) is 0. The van der Waals surface area contributed by atoms with Crippen molar-refractivity contribution in [2.24, 2.45) is 0 Å². The van der Waals surface area contributed by atoms with E-state index in [0.717, 1.165) is 0 Å². The lowest BCUT2D eigenvalue weighted by Gasteiger charge is -1.83. The highest BCUT2D eigenvalue weighted by Crippen LogP contribution is 1.94. The van der Waals surface area contributed by atoms with Crippen molar-refractivity contribution in [2.75, 3.05) is 0 Å². The quantitative estimate of drug-likeness (QED) is 0.370. The lowest BCUT2D eigenvalue weighted by Crippen LogP contribution is -1.63. The van der Waals surface area contributed by atoms with Crippen molar-refractivity contribution in [1.29, 1.82) is 0 Å². The Morgan fingerprint density at radius 2 is 1.78 bits per heavy atom. The Balaban J connectivity index is 4.34. The van der Waals surface area contributed by atoms with Crippen molar-refractivity contribution in [1.82, 2.24) is 0 Å². The van der Waals surface area contributed by atoms with Gasteiger partial charge in [0.25, 0.3) is 0 Å². The second kappa shape index (κ2) is 4.17. The Labute approximate surface area is 57.6 Å². The van der Waals surface area contributed by atoms with Gasteiger partial charge in [-0.05, 0) is 38.8 Å². The van der Waals surface area contributed by atoms with E-state index in [1.165, 1.54) is 11.1 Å². The highest BCUT2D eigenvalue weighted by Gasteiger charge is 1.74. The molecule has 0 aliphatic heterocycles. The highest BCUT2D eigenvalue weighted by molar-refractivity contribution is 5.16. The van der Waals surface area contributed by atoms with E-state index in [0.29, 0.717) is 0 Å². The molecule has 0 N–H and O–H groups in total. The number of rotatable bonds is 1. The normalized spacial score (nSPS) is 9.33. The van der Waals surface area contributed by atoms with E-state index in [1.54, 1.807) is 0 Å². The molecular formula is C9H14. The minimum Gasteiger partial charge on any atom is -0.119 e. The molecule has 0 spiro atoms. The molecule has 0 aromatic carbocycles. The third-order valence-electron chi connectivity index (χ3n) is 0.864. The Bertz CT molecular complexity index is 160. The molecule has 0 aromatic rings. The van der Waals surface area contributed by atoms with Gasteiger partial charge in [0.2, 0.25) is 0 Å². The molecule has 0 unspecified atom stereocenters. The Kier molecular flexibility index (Phi) is 3.83. The van der Waals surface area contributed by atoms with Crippen LogP contribution in [0.2, 0.25) is 0 Å². The molecule has 0 saturated heterocycles. The summed E-state index contributed by atoms with van der Waals surface area (Å²) in [6.45, 7) is 8.16. The molecule has 0 aliphatic rings. The largest absolute Gasteiger partial charge is 0.119 e. The summed E-state index contributed by atoms with van der Waals surface area (Å²) in [6, 6.07) is 0. The molecule has 0 nitrogen and oxygen atoms in total. The molecule has 0 heteroatoms. The van der Waals surface area contributed by atoms with E-state index in [4.69, 9.17) is 0 Å². The number of hydrogen-bond donors (Lipinski definition) is 0. The van der Waals surface area contributed by atoms with Gasteiger partial charge in [0, 0.05) is 0 Å². The van der Waals surface area contributed by atoms with Crippen LogP contribution in [-0.4, -0.2) is 0 Å². The second-order valence-electron chi connectivity index (χ2n) is 2.31. The average Bonchev–Trinajstić information content (AvgIpc) is 1.63. The molecule has 0 fully saturated rings. The maximum Gasteiger partial charge on any atom is -0.00954 e. The summed E-state index contributed by atoms with van der Waals surface area (Å²) >= 11 is 0. The van der Waals surface area contributed by atoms with Gasteiger partial charge in [0.05, 0.1) is 0 Å². The molecule has 0 amide bonds. The van der Waals surface area contributed by atoms with Gasteiger partial charge < -0.3 is 0 Å². The number of allylic oxidation sites excluding steroid dienone is 3. The van der Waals surface area contributed by atoms with Crippen molar-refractivity contribution < 1.29 is 0 Å². The lowest BCUT2D eigenvalue weighted by molar-refractivity contribution is 1.38. The van der Waals surface area contributed by atoms with E-state index >= 15 is 0 Å². The first-order valence-electron chi connectivity index (χ1n) is 3.20. The smallest absolute Gasteiger partial charge is 0.00954 e. The molecule has 0 heterocycles. The third-order valence-corrected chi connectivity index (χ3v) is 0.864. The standard InChI is InChI=1S/C9H14/c1-5-6-9(4)7-8(2)3/h5-6H,1-4H3. The first kappa shape index (κ1) is 8.26. The molecular weight excluding hydrogens is 108 g/mol. The molecule has 0 aromatic heterocycles. The summed E-state index contributed by atoms with van der Waals surface area (Å²) in [5.41, 5.74) is 5.61. The molecule has 0 bridgehead atoms. The second-order valence-corrected chi connectivity index (χ2v) is 2.31. The van der Waals surface area contributed by atoms with Crippen molar-refractivity contribution in [3.8, 4) is 0 Å². The fraction of sp³-hybridized carbons (Fsp3) is 0.444. The van der Waals surface area contributed by atoms with Crippen LogP contribution in [-0.2, 0) is 0 Å². The van der Waals surface area contributed by atoms with Crippen molar-refractivity contribution in [2.45, 2.75) is 27.7 Å². The van der Waals surface area contributed by atoms with Crippen molar-refractivity contribution >= 4 is 0 Å². The van der Waals surface area contributed by atoms with Crippen molar-refractivity contribution in [3.63, 3.8) is 0 Å². The van der Waals surface area contributed by atoms with Crippen LogP contribution in [0, 0.1) is 0 Å². The molecule has 0 atom stereocenters. The monoisotopic (exact) mass is 122 g/mol. The van der Waals surface area contributed by atoms with Crippen LogP contribution in [0.25, 0.3) is 0 Å².